The first-order valence-electron chi connectivity index (χ1n) is 6.16. The Balaban J connectivity index is 4.04. The van der Waals surface area contributed by atoms with Crippen LogP contribution in [0.2, 0.25) is 0 Å². The SMILES string of the molecule is CCCC(NC(C)COCC)C(=O)OCC. The number of esters is 1. The Labute approximate surface area is 98.7 Å². The van der Waals surface area contributed by atoms with E-state index in [-0.39, 0.29) is 18.1 Å². The summed E-state index contributed by atoms with van der Waals surface area (Å²) in [6.07, 6.45) is 1.76. The van der Waals surface area contributed by atoms with Crippen molar-refractivity contribution in [1.29, 1.82) is 0 Å². The highest BCUT2D eigenvalue weighted by Crippen LogP contribution is 2.01. The number of rotatable bonds is 9. The molecule has 0 heterocycles. The minimum Gasteiger partial charge on any atom is -0.465 e. The molecular formula is C12H25NO3. The maximum Gasteiger partial charge on any atom is 0.323 e. The molecule has 0 aliphatic rings. The molecule has 0 aromatic rings. The number of carbonyl (C=O) groups excluding carboxylic acids is 1. The Hall–Kier alpha value is -0.610. The molecule has 2 unspecified atom stereocenters. The largest absolute Gasteiger partial charge is 0.465 e. The molecule has 4 nitrogen and oxygen atoms in total. The fraction of sp³-hybridized carbons (Fsp3) is 0.917. The standard InChI is InChI=1S/C12H25NO3/c1-5-8-11(12(14)16-7-3)13-10(4)9-15-6-2/h10-11,13H,5-9H2,1-4H3. The molecule has 0 fully saturated rings. The molecule has 0 spiro atoms. The second-order valence-corrected chi connectivity index (χ2v) is 3.82. The predicted molar refractivity (Wildman–Crippen MR) is 64.4 cm³/mol. The maximum atomic E-state index is 11.6. The minimum atomic E-state index is -0.208. The van der Waals surface area contributed by atoms with Crippen LogP contribution in [0.15, 0.2) is 0 Å². The van der Waals surface area contributed by atoms with Crippen molar-refractivity contribution in [3.05, 3.63) is 0 Å². The summed E-state index contributed by atoms with van der Waals surface area (Å²) in [5.74, 6) is -0.160. The van der Waals surface area contributed by atoms with Crippen molar-refractivity contribution < 1.29 is 14.3 Å². The molecule has 0 saturated carbocycles. The van der Waals surface area contributed by atoms with E-state index in [2.05, 4.69) is 12.2 Å². The second kappa shape index (κ2) is 9.60. The summed E-state index contributed by atoms with van der Waals surface area (Å²) < 4.78 is 10.3. The average Bonchev–Trinajstić information content (AvgIpc) is 2.26. The molecule has 2 atom stereocenters. The van der Waals surface area contributed by atoms with Crippen LogP contribution in [0, 0.1) is 0 Å². The van der Waals surface area contributed by atoms with Crippen LogP contribution in [-0.2, 0) is 14.3 Å². The third kappa shape index (κ3) is 6.80. The molecule has 0 saturated heterocycles. The third-order valence-corrected chi connectivity index (χ3v) is 2.21. The molecule has 0 rings (SSSR count). The fourth-order valence-electron chi connectivity index (χ4n) is 1.49. The average molecular weight is 231 g/mol. The molecule has 4 heteroatoms. The minimum absolute atomic E-state index is 0.160. The summed E-state index contributed by atoms with van der Waals surface area (Å²) in [4.78, 5) is 11.6. The smallest absolute Gasteiger partial charge is 0.323 e. The third-order valence-electron chi connectivity index (χ3n) is 2.21. The monoisotopic (exact) mass is 231 g/mol. The molecule has 96 valence electrons. The lowest BCUT2D eigenvalue weighted by Gasteiger charge is -2.21. The summed E-state index contributed by atoms with van der Waals surface area (Å²) in [6.45, 7) is 9.60. The van der Waals surface area contributed by atoms with E-state index in [4.69, 9.17) is 9.47 Å². The van der Waals surface area contributed by atoms with E-state index in [9.17, 15) is 4.79 Å². The van der Waals surface area contributed by atoms with Crippen LogP contribution in [0.25, 0.3) is 0 Å². The van der Waals surface area contributed by atoms with E-state index in [1.165, 1.54) is 0 Å². The van der Waals surface area contributed by atoms with Gasteiger partial charge < -0.3 is 9.47 Å². The summed E-state index contributed by atoms with van der Waals surface area (Å²) in [5.41, 5.74) is 0. The highest BCUT2D eigenvalue weighted by molar-refractivity contribution is 5.75. The highest BCUT2D eigenvalue weighted by Gasteiger charge is 2.20. The first-order valence-corrected chi connectivity index (χ1v) is 6.16. The van der Waals surface area contributed by atoms with E-state index in [0.717, 1.165) is 12.8 Å². The predicted octanol–water partition coefficient (Wildman–Crippen LogP) is 1.73. The van der Waals surface area contributed by atoms with Gasteiger partial charge in [-0.3, -0.25) is 10.1 Å². The Morgan fingerprint density at radius 3 is 2.44 bits per heavy atom. The van der Waals surface area contributed by atoms with Crippen molar-refractivity contribution in [1.82, 2.24) is 5.32 Å². The van der Waals surface area contributed by atoms with Crippen molar-refractivity contribution in [3.63, 3.8) is 0 Å². The van der Waals surface area contributed by atoms with Gasteiger partial charge in [0.1, 0.15) is 6.04 Å². The van der Waals surface area contributed by atoms with Crippen LogP contribution in [0.3, 0.4) is 0 Å². The van der Waals surface area contributed by atoms with Crippen molar-refractivity contribution in [2.75, 3.05) is 19.8 Å². The van der Waals surface area contributed by atoms with Crippen molar-refractivity contribution in [2.45, 2.75) is 52.6 Å². The first-order chi connectivity index (χ1) is 7.65. The van der Waals surface area contributed by atoms with E-state index < -0.39 is 0 Å². The van der Waals surface area contributed by atoms with Gasteiger partial charge in [-0.15, -0.1) is 0 Å². The van der Waals surface area contributed by atoms with Crippen LogP contribution in [-0.4, -0.2) is 37.9 Å². The van der Waals surface area contributed by atoms with Crippen LogP contribution >= 0.6 is 0 Å². The lowest BCUT2D eigenvalue weighted by Crippen LogP contribution is -2.44. The van der Waals surface area contributed by atoms with Crippen molar-refractivity contribution in [3.8, 4) is 0 Å². The van der Waals surface area contributed by atoms with Crippen molar-refractivity contribution in [2.24, 2.45) is 0 Å². The van der Waals surface area contributed by atoms with Gasteiger partial charge in [0.25, 0.3) is 0 Å². The summed E-state index contributed by atoms with van der Waals surface area (Å²) >= 11 is 0. The molecule has 0 aliphatic heterocycles. The molecule has 0 radical (unpaired) electrons. The zero-order chi connectivity index (χ0) is 12.4. The van der Waals surface area contributed by atoms with Gasteiger partial charge in [-0.1, -0.05) is 13.3 Å². The lowest BCUT2D eigenvalue weighted by molar-refractivity contribution is -0.146. The summed E-state index contributed by atoms with van der Waals surface area (Å²) in [5, 5.41) is 3.24. The number of hydrogen-bond acceptors (Lipinski definition) is 4. The van der Waals surface area contributed by atoms with Gasteiger partial charge in [0.2, 0.25) is 0 Å². The zero-order valence-electron chi connectivity index (χ0n) is 10.9. The molecule has 16 heavy (non-hydrogen) atoms. The van der Waals surface area contributed by atoms with Crippen LogP contribution in [0.1, 0.15) is 40.5 Å². The van der Waals surface area contributed by atoms with Crippen LogP contribution in [0.5, 0.6) is 0 Å². The van der Waals surface area contributed by atoms with Gasteiger partial charge >= 0.3 is 5.97 Å². The number of nitrogens with one attached hydrogen (secondary N) is 1. The second-order valence-electron chi connectivity index (χ2n) is 3.82. The quantitative estimate of drug-likeness (QED) is 0.614. The van der Waals surface area contributed by atoms with E-state index in [0.29, 0.717) is 19.8 Å². The van der Waals surface area contributed by atoms with Gasteiger partial charge in [-0.25, -0.2) is 0 Å². The van der Waals surface area contributed by atoms with Gasteiger partial charge in [-0.05, 0) is 27.2 Å². The van der Waals surface area contributed by atoms with Crippen LogP contribution in [0.4, 0.5) is 0 Å². The number of ether oxygens (including phenoxy) is 2. The van der Waals surface area contributed by atoms with E-state index >= 15 is 0 Å². The molecule has 0 aromatic heterocycles. The van der Waals surface area contributed by atoms with Crippen LogP contribution < -0.4 is 5.32 Å². The molecule has 1 N–H and O–H groups in total. The molecule has 0 aromatic carbocycles. The van der Waals surface area contributed by atoms with Gasteiger partial charge in [0.05, 0.1) is 13.2 Å². The van der Waals surface area contributed by atoms with Gasteiger partial charge in [-0.2, -0.15) is 0 Å². The Kier molecular flexibility index (Phi) is 9.24. The molecule has 0 bridgehead atoms. The fourth-order valence-corrected chi connectivity index (χ4v) is 1.49. The van der Waals surface area contributed by atoms with Crippen molar-refractivity contribution >= 4 is 5.97 Å². The molecule has 0 aliphatic carbocycles. The van der Waals surface area contributed by atoms with Gasteiger partial charge in [0.15, 0.2) is 0 Å². The number of hydrogen-bond donors (Lipinski definition) is 1. The normalized spacial score (nSPS) is 14.5. The Bertz CT molecular complexity index is 185. The highest BCUT2D eigenvalue weighted by atomic mass is 16.5. The summed E-state index contributed by atoms with van der Waals surface area (Å²) in [6, 6.07) is -0.0405. The number of carbonyl (C=O) groups is 1. The lowest BCUT2D eigenvalue weighted by atomic mass is 10.1. The topological polar surface area (TPSA) is 47.6 Å². The molecule has 0 amide bonds. The first kappa shape index (κ1) is 15.4. The van der Waals surface area contributed by atoms with E-state index in [1.54, 1.807) is 0 Å². The summed E-state index contributed by atoms with van der Waals surface area (Å²) in [7, 11) is 0. The van der Waals surface area contributed by atoms with E-state index in [1.807, 2.05) is 20.8 Å². The Morgan fingerprint density at radius 1 is 1.25 bits per heavy atom. The van der Waals surface area contributed by atoms with Gasteiger partial charge in [0, 0.05) is 12.6 Å². The maximum absolute atomic E-state index is 11.6. The zero-order valence-corrected chi connectivity index (χ0v) is 10.9. The Morgan fingerprint density at radius 2 is 1.94 bits per heavy atom. The molecular weight excluding hydrogens is 206 g/mol.